The zero-order valence-electron chi connectivity index (χ0n) is 19.1. The number of phenolic OH excluding ortho intramolecular Hbond substituents is 1. The molecule has 3 rings (SSSR count). The van der Waals surface area contributed by atoms with Crippen LogP contribution < -0.4 is 4.31 Å². The van der Waals surface area contributed by atoms with Crippen LogP contribution in [0.5, 0.6) is 5.75 Å². The van der Waals surface area contributed by atoms with Gasteiger partial charge in [-0.2, -0.15) is 0 Å². The maximum absolute atomic E-state index is 13.2. The monoisotopic (exact) mass is 473 g/mol. The van der Waals surface area contributed by atoms with Crippen LogP contribution in [-0.4, -0.2) is 61.0 Å². The van der Waals surface area contributed by atoms with Crippen LogP contribution in [0.15, 0.2) is 30.3 Å². The molecule has 1 aliphatic heterocycles. The van der Waals surface area contributed by atoms with Crippen LogP contribution in [0.1, 0.15) is 58.2 Å². The van der Waals surface area contributed by atoms with Crippen molar-refractivity contribution in [1.29, 1.82) is 5.41 Å². The van der Waals surface area contributed by atoms with Gasteiger partial charge in [0.05, 0.1) is 24.1 Å². The second kappa shape index (κ2) is 8.18. The molecule has 1 heterocycles. The molecule has 33 heavy (non-hydrogen) atoms. The van der Waals surface area contributed by atoms with Gasteiger partial charge in [0.1, 0.15) is 11.6 Å². The van der Waals surface area contributed by atoms with Crippen molar-refractivity contribution in [2.45, 2.75) is 32.7 Å². The molecule has 0 aromatic heterocycles. The second-order valence-corrected chi connectivity index (χ2v) is 11.2. The normalized spacial score (nSPS) is 13.7. The lowest BCUT2D eigenvalue weighted by molar-refractivity contribution is 0.0696. The first-order valence-electron chi connectivity index (χ1n) is 10.2. The third-order valence-electron chi connectivity index (χ3n) is 5.68. The smallest absolute Gasteiger partial charge is 0.335 e. The van der Waals surface area contributed by atoms with Gasteiger partial charge in [0.2, 0.25) is 10.0 Å². The minimum atomic E-state index is -3.69. The SMILES string of the molecule is CN(c1cc(C(=O)CN2Cc3ccc(C(=O)O)cc3C2=N)cc(C(C)(C)C)c1O)S(C)(=O)=O. The van der Waals surface area contributed by atoms with Crippen LogP contribution in [0.2, 0.25) is 0 Å². The first-order valence-corrected chi connectivity index (χ1v) is 12.0. The van der Waals surface area contributed by atoms with Crippen LogP contribution >= 0.6 is 0 Å². The van der Waals surface area contributed by atoms with Gasteiger partial charge in [0.15, 0.2) is 5.78 Å². The van der Waals surface area contributed by atoms with Crippen LogP contribution in [-0.2, 0) is 22.0 Å². The number of nitrogens with zero attached hydrogens (tertiary/aromatic N) is 2. The number of rotatable bonds is 6. The molecule has 0 atom stereocenters. The average Bonchev–Trinajstić information content (AvgIpc) is 3.00. The van der Waals surface area contributed by atoms with Gasteiger partial charge in [-0.1, -0.05) is 26.8 Å². The fourth-order valence-corrected chi connectivity index (χ4v) is 4.19. The molecule has 0 saturated heterocycles. The Morgan fingerprint density at radius 3 is 2.33 bits per heavy atom. The Hall–Kier alpha value is -3.40. The van der Waals surface area contributed by atoms with E-state index >= 15 is 0 Å². The molecule has 1 aliphatic rings. The van der Waals surface area contributed by atoms with E-state index in [0.29, 0.717) is 11.1 Å². The van der Waals surface area contributed by atoms with Crippen molar-refractivity contribution in [2.75, 3.05) is 24.2 Å². The maximum atomic E-state index is 13.2. The number of anilines is 1. The highest BCUT2D eigenvalue weighted by Crippen LogP contribution is 2.40. The highest BCUT2D eigenvalue weighted by Gasteiger charge is 2.30. The Kier molecular flexibility index (Phi) is 6.01. The number of ketones is 1. The van der Waals surface area contributed by atoms with Gasteiger partial charge >= 0.3 is 5.97 Å². The number of amidine groups is 1. The fraction of sp³-hybridized carbons (Fsp3) is 0.348. The van der Waals surface area contributed by atoms with E-state index in [1.54, 1.807) is 12.1 Å². The molecule has 176 valence electrons. The molecule has 0 unspecified atom stereocenters. The first-order chi connectivity index (χ1) is 15.1. The predicted octanol–water partition coefficient (Wildman–Crippen LogP) is 2.81. The van der Waals surface area contributed by atoms with E-state index in [0.717, 1.165) is 16.1 Å². The molecule has 10 heteroatoms. The summed E-state index contributed by atoms with van der Waals surface area (Å²) in [5.41, 5.74) is 1.32. The lowest BCUT2D eigenvalue weighted by Gasteiger charge is -2.26. The van der Waals surface area contributed by atoms with Crippen molar-refractivity contribution < 1.29 is 28.2 Å². The summed E-state index contributed by atoms with van der Waals surface area (Å²) in [6.07, 6.45) is 1.01. The summed E-state index contributed by atoms with van der Waals surface area (Å²) in [5.74, 6) is -1.62. The fourth-order valence-electron chi connectivity index (χ4n) is 3.69. The number of aromatic hydroxyl groups is 1. The van der Waals surface area contributed by atoms with Crippen molar-refractivity contribution >= 4 is 33.3 Å². The van der Waals surface area contributed by atoms with E-state index in [9.17, 15) is 28.2 Å². The van der Waals surface area contributed by atoms with Gasteiger partial charge < -0.3 is 15.1 Å². The summed E-state index contributed by atoms with van der Waals surface area (Å²) < 4.78 is 25.1. The van der Waals surface area contributed by atoms with Crippen molar-refractivity contribution in [3.8, 4) is 5.75 Å². The Balaban J connectivity index is 1.97. The quantitative estimate of drug-likeness (QED) is 0.548. The zero-order valence-corrected chi connectivity index (χ0v) is 19.9. The molecule has 3 N–H and O–H groups in total. The minimum Gasteiger partial charge on any atom is -0.505 e. The molecule has 2 aromatic carbocycles. The van der Waals surface area contributed by atoms with E-state index in [2.05, 4.69) is 0 Å². The third-order valence-corrected chi connectivity index (χ3v) is 6.87. The number of carbonyl (C=O) groups excluding carboxylic acids is 1. The number of fused-ring (bicyclic) bond motifs is 1. The van der Waals surface area contributed by atoms with Crippen molar-refractivity contribution in [3.05, 3.63) is 58.1 Å². The largest absolute Gasteiger partial charge is 0.505 e. The number of benzene rings is 2. The van der Waals surface area contributed by atoms with E-state index in [1.807, 2.05) is 20.8 Å². The molecule has 0 saturated carbocycles. The minimum absolute atomic E-state index is 0.000778. The number of Topliss-reactive ketones (excluding diaryl/α,β-unsaturated/α-hetero) is 1. The molecule has 0 fully saturated rings. The van der Waals surface area contributed by atoms with Crippen LogP contribution in [0.25, 0.3) is 0 Å². The predicted molar refractivity (Wildman–Crippen MR) is 125 cm³/mol. The van der Waals surface area contributed by atoms with Crippen LogP contribution in [0.3, 0.4) is 0 Å². The number of sulfonamides is 1. The molecule has 0 bridgehead atoms. The van der Waals surface area contributed by atoms with Gasteiger partial charge in [-0.15, -0.1) is 0 Å². The number of carboxylic acids is 1. The van der Waals surface area contributed by atoms with Gasteiger partial charge in [-0.3, -0.25) is 14.5 Å². The number of carbonyl (C=O) groups is 2. The molecule has 0 amide bonds. The number of phenols is 1. The summed E-state index contributed by atoms with van der Waals surface area (Å²) >= 11 is 0. The summed E-state index contributed by atoms with van der Waals surface area (Å²) in [5, 5.41) is 28.4. The molecule has 0 aliphatic carbocycles. The summed E-state index contributed by atoms with van der Waals surface area (Å²) in [4.78, 5) is 26.0. The number of carboxylic acid groups (broad SMARTS) is 1. The first kappa shape index (κ1) is 24.2. The van der Waals surface area contributed by atoms with Gasteiger partial charge in [0.25, 0.3) is 0 Å². The van der Waals surface area contributed by atoms with Crippen molar-refractivity contribution in [3.63, 3.8) is 0 Å². The van der Waals surface area contributed by atoms with Crippen molar-refractivity contribution in [2.24, 2.45) is 0 Å². The van der Waals surface area contributed by atoms with Crippen LogP contribution in [0, 0.1) is 5.41 Å². The average molecular weight is 474 g/mol. The molecular weight excluding hydrogens is 446 g/mol. The molecule has 0 radical (unpaired) electrons. The van der Waals surface area contributed by atoms with Gasteiger partial charge in [-0.25, -0.2) is 13.2 Å². The van der Waals surface area contributed by atoms with E-state index < -0.39 is 21.4 Å². The van der Waals surface area contributed by atoms with E-state index in [1.165, 1.54) is 30.1 Å². The van der Waals surface area contributed by atoms with Gasteiger partial charge in [0, 0.05) is 30.3 Å². The van der Waals surface area contributed by atoms with Crippen molar-refractivity contribution in [1.82, 2.24) is 4.90 Å². The third kappa shape index (κ3) is 4.70. The highest BCUT2D eigenvalue weighted by atomic mass is 32.2. The zero-order chi connectivity index (χ0) is 24.9. The molecule has 0 spiro atoms. The van der Waals surface area contributed by atoms with Gasteiger partial charge in [-0.05, 0) is 35.2 Å². The molecule has 9 nitrogen and oxygen atoms in total. The number of aromatic carboxylic acids is 1. The lowest BCUT2D eigenvalue weighted by atomic mass is 9.84. The Bertz CT molecular complexity index is 1280. The topological polar surface area (TPSA) is 139 Å². The second-order valence-electron chi connectivity index (χ2n) is 9.18. The molecule has 2 aromatic rings. The summed E-state index contributed by atoms with van der Waals surface area (Å²) in [7, 11) is -2.39. The number of nitrogens with one attached hydrogen (secondary N) is 1. The standard InChI is InChI=1S/C23H27N3O6S/c1-23(2,3)17-9-15(10-18(20(17)28)25(4)33(5,31)32)19(27)12-26-11-14-7-6-13(22(29)30)8-16(14)21(26)24/h6-10,24,28H,11-12H2,1-5H3,(H,29,30). The highest BCUT2D eigenvalue weighted by molar-refractivity contribution is 7.92. The number of hydrogen-bond donors (Lipinski definition) is 3. The Morgan fingerprint density at radius 1 is 1.15 bits per heavy atom. The Morgan fingerprint density at radius 2 is 1.79 bits per heavy atom. The van der Waals surface area contributed by atoms with E-state index in [4.69, 9.17) is 5.41 Å². The Labute approximate surface area is 192 Å². The lowest BCUT2D eigenvalue weighted by Crippen LogP contribution is -2.31. The maximum Gasteiger partial charge on any atom is 0.335 e. The number of hydrogen-bond acceptors (Lipinski definition) is 6. The summed E-state index contributed by atoms with van der Waals surface area (Å²) in [6, 6.07) is 7.40. The van der Waals surface area contributed by atoms with E-state index in [-0.39, 0.29) is 47.3 Å². The van der Waals surface area contributed by atoms with Crippen LogP contribution in [0.4, 0.5) is 5.69 Å². The summed E-state index contributed by atoms with van der Waals surface area (Å²) in [6.45, 7) is 5.64. The molecular formula is C23H27N3O6S.